The van der Waals surface area contributed by atoms with E-state index in [2.05, 4.69) is 57.2 Å². The number of benzene rings is 4. The summed E-state index contributed by atoms with van der Waals surface area (Å²) >= 11 is -1.59. The standard InChI is InChI=1S/C26H26O3S/c1-26(2,3)19-12-13-21-18(16-19)10-14-22(28-4)24(21)25-20-9-7-6-8-17(20)11-15-23(25)30(27)29-5/h6-16H,1-5H3. The molecule has 0 aliphatic rings. The predicted octanol–water partition coefficient (Wildman–Crippen LogP) is 6.64. The van der Waals surface area contributed by atoms with E-state index in [0.717, 1.165) is 38.4 Å². The molecule has 30 heavy (non-hydrogen) atoms. The molecular weight excluding hydrogens is 392 g/mol. The summed E-state index contributed by atoms with van der Waals surface area (Å²) in [6.45, 7) is 6.63. The minimum atomic E-state index is -1.59. The highest BCUT2D eigenvalue weighted by Gasteiger charge is 2.22. The Morgan fingerprint density at radius 2 is 1.47 bits per heavy atom. The Labute approximate surface area is 180 Å². The molecule has 0 fully saturated rings. The fourth-order valence-electron chi connectivity index (χ4n) is 3.94. The zero-order chi connectivity index (χ0) is 21.5. The van der Waals surface area contributed by atoms with Crippen molar-refractivity contribution in [2.24, 2.45) is 0 Å². The molecule has 0 radical (unpaired) electrons. The lowest BCUT2D eigenvalue weighted by Crippen LogP contribution is -2.10. The van der Waals surface area contributed by atoms with E-state index in [-0.39, 0.29) is 5.41 Å². The van der Waals surface area contributed by atoms with Crippen LogP contribution in [0.4, 0.5) is 0 Å². The molecule has 0 N–H and O–H groups in total. The third kappa shape index (κ3) is 3.51. The fourth-order valence-corrected chi connectivity index (χ4v) is 4.68. The van der Waals surface area contributed by atoms with Gasteiger partial charge in [0.2, 0.25) is 0 Å². The third-order valence-electron chi connectivity index (χ3n) is 5.54. The third-order valence-corrected chi connectivity index (χ3v) is 6.54. The van der Waals surface area contributed by atoms with Gasteiger partial charge in [0, 0.05) is 11.1 Å². The number of rotatable bonds is 4. The van der Waals surface area contributed by atoms with Gasteiger partial charge in [0.1, 0.15) is 5.75 Å². The molecule has 0 heterocycles. The quantitative estimate of drug-likeness (QED) is 0.373. The molecule has 0 amide bonds. The van der Waals surface area contributed by atoms with Crippen LogP contribution >= 0.6 is 0 Å². The monoisotopic (exact) mass is 418 g/mol. The van der Waals surface area contributed by atoms with Gasteiger partial charge < -0.3 is 4.74 Å². The largest absolute Gasteiger partial charge is 0.496 e. The lowest BCUT2D eigenvalue weighted by molar-refractivity contribution is 0.417. The molecule has 3 nitrogen and oxygen atoms in total. The number of fused-ring (bicyclic) bond motifs is 2. The van der Waals surface area contributed by atoms with E-state index >= 15 is 0 Å². The van der Waals surface area contributed by atoms with E-state index in [0.29, 0.717) is 4.90 Å². The summed E-state index contributed by atoms with van der Waals surface area (Å²) in [5.74, 6) is 0.747. The van der Waals surface area contributed by atoms with Gasteiger partial charge in [-0.1, -0.05) is 75.4 Å². The lowest BCUT2D eigenvalue weighted by atomic mass is 9.84. The van der Waals surface area contributed by atoms with Crippen LogP contribution in [0.25, 0.3) is 32.7 Å². The molecule has 0 saturated heterocycles. The van der Waals surface area contributed by atoms with E-state index in [1.165, 1.54) is 12.7 Å². The van der Waals surface area contributed by atoms with Gasteiger partial charge in [-0.25, -0.2) is 4.21 Å². The second kappa shape index (κ2) is 7.86. The molecule has 154 valence electrons. The van der Waals surface area contributed by atoms with Gasteiger partial charge in [0.05, 0.1) is 19.1 Å². The summed E-state index contributed by atoms with van der Waals surface area (Å²) < 4.78 is 23.8. The fraction of sp³-hybridized carbons (Fsp3) is 0.231. The summed E-state index contributed by atoms with van der Waals surface area (Å²) in [5.41, 5.74) is 3.15. The Kier molecular flexibility index (Phi) is 5.39. The Hall–Kier alpha value is -2.69. The van der Waals surface area contributed by atoms with Crippen LogP contribution in [-0.4, -0.2) is 18.4 Å². The first-order valence-corrected chi connectivity index (χ1v) is 11.0. The molecule has 0 saturated carbocycles. The lowest BCUT2D eigenvalue weighted by Gasteiger charge is -2.21. The van der Waals surface area contributed by atoms with Crippen molar-refractivity contribution in [1.82, 2.24) is 0 Å². The van der Waals surface area contributed by atoms with Crippen LogP contribution in [0.3, 0.4) is 0 Å². The van der Waals surface area contributed by atoms with Crippen molar-refractivity contribution in [3.05, 3.63) is 72.3 Å². The van der Waals surface area contributed by atoms with Crippen LogP contribution in [0.5, 0.6) is 5.75 Å². The first-order chi connectivity index (χ1) is 14.3. The average Bonchev–Trinajstić information content (AvgIpc) is 2.76. The van der Waals surface area contributed by atoms with Crippen LogP contribution < -0.4 is 4.74 Å². The number of methoxy groups -OCH3 is 1. The summed E-state index contributed by atoms with van der Waals surface area (Å²) in [6.07, 6.45) is 0. The van der Waals surface area contributed by atoms with Crippen molar-refractivity contribution in [3.63, 3.8) is 0 Å². The summed E-state index contributed by atoms with van der Waals surface area (Å²) in [6, 6.07) is 22.6. The molecule has 4 aromatic carbocycles. The highest BCUT2D eigenvalue weighted by molar-refractivity contribution is 7.80. The minimum absolute atomic E-state index is 0.0520. The Bertz CT molecular complexity index is 1270. The van der Waals surface area contributed by atoms with Crippen LogP contribution in [0.1, 0.15) is 26.3 Å². The second-order valence-electron chi connectivity index (χ2n) is 8.39. The van der Waals surface area contributed by atoms with Gasteiger partial charge in [-0.2, -0.15) is 0 Å². The minimum Gasteiger partial charge on any atom is -0.496 e. The van der Waals surface area contributed by atoms with Gasteiger partial charge in [-0.15, -0.1) is 0 Å². The van der Waals surface area contributed by atoms with E-state index in [9.17, 15) is 4.21 Å². The molecule has 4 heteroatoms. The normalized spacial score (nSPS) is 13.0. The molecule has 0 aromatic heterocycles. The highest BCUT2D eigenvalue weighted by Crippen LogP contribution is 2.44. The van der Waals surface area contributed by atoms with Crippen LogP contribution in [0, 0.1) is 0 Å². The van der Waals surface area contributed by atoms with Crippen molar-refractivity contribution in [1.29, 1.82) is 0 Å². The Morgan fingerprint density at radius 1 is 0.767 bits per heavy atom. The Morgan fingerprint density at radius 3 is 2.17 bits per heavy atom. The first-order valence-electron chi connectivity index (χ1n) is 9.94. The summed E-state index contributed by atoms with van der Waals surface area (Å²) in [5, 5.41) is 4.29. The molecule has 4 aromatic rings. The van der Waals surface area contributed by atoms with E-state index in [1.807, 2.05) is 30.3 Å². The first kappa shape index (κ1) is 20.6. The molecule has 0 aliphatic heterocycles. The molecule has 1 unspecified atom stereocenters. The SMILES string of the molecule is COc1ccc2cc(C(C)(C)C)ccc2c1-c1c(S(=O)OC)ccc2ccccc12. The second-order valence-corrected chi connectivity index (χ2v) is 9.63. The molecule has 1 atom stereocenters. The number of ether oxygens (including phenoxy) is 1. The van der Waals surface area contributed by atoms with Gasteiger partial charge in [0.25, 0.3) is 0 Å². The van der Waals surface area contributed by atoms with E-state index in [1.54, 1.807) is 7.11 Å². The molecule has 0 aliphatic carbocycles. The summed E-state index contributed by atoms with van der Waals surface area (Å²) in [7, 11) is 3.14. The van der Waals surface area contributed by atoms with Crippen LogP contribution in [-0.2, 0) is 20.7 Å². The highest BCUT2D eigenvalue weighted by atomic mass is 32.2. The van der Waals surface area contributed by atoms with Gasteiger partial charge in [-0.05, 0) is 44.7 Å². The van der Waals surface area contributed by atoms with Crippen molar-refractivity contribution in [2.45, 2.75) is 31.1 Å². The maximum Gasteiger partial charge on any atom is 0.189 e. The predicted molar refractivity (Wildman–Crippen MR) is 126 cm³/mol. The number of hydrogen-bond acceptors (Lipinski definition) is 3. The van der Waals surface area contributed by atoms with Gasteiger partial charge >= 0.3 is 0 Å². The smallest absolute Gasteiger partial charge is 0.189 e. The topological polar surface area (TPSA) is 35.5 Å². The van der Waals surface area contributed by atoms with Crippen LogP contribution in [0.2, 0.25) is 0 Å². The van der Waals surface area contributed by atoms with Gasteiger partial charge in [0.15, 0.2) is 11.1 Å². The van der Waals surface area contributed by atoms with Crippen molar-refractivity contribution < 1.29 is 13.1 Å². The molecule has 0 spiro atoms. The molecular formula is C26H26O3S. The van der Waals surface area contributed by atoms with Gasteiger partial charge in [-0.3, -0.25) is 4.18 Å². The average molecular weight is 419 g/mol. The van der Waals surface area contributed by atoms with E-state index in [4.69, 9.17) is 8.92 Å². The maximum atomic E-state index is 12.8. The number of hydrogen-bond donors (Lipinski definition) is 0. The zero-order valence-electron chi connectivity index (χ0n) is 18.0. The summed E-state index contributed by atoms with van der Waals surface area (Å²) in [4.78, 5) is 0.641. The molecule has 4 rings (SSSR count). The Balaban J connectivity index is 2.15. The van der Waals surface area contributed by atoms with E-state index < -0.39 is 11.1 Å². The molecule has 0 bridgehead atoms. The van der Waals surface area contributed by atoms with Crippen molar-refractivity contribution in [2.75, 3.05) is 14.2 Å². The van der Waals surface area contributed by atoms with Crippen molar-refractivity contribution in [3.8, 4) is 16.9 Å². The van der Waals surface area contributed by atoms with Crippen LogP contribution in [0.15, 0.2) is 71.6 Å². The zero-order valence-corrected chi connectivity index (χ0v) is 18.8. The van der Waals surface area contributed by atoms with Crippen molar-refractivity contribution >= 4 is 32.6 Å². The maximum absolute atomic E-state index is 12.8.